The average molecular weight is 245 g/mol. The second-order valence-electron chi connectivity index (χ2n) is 4.31. The molecule has 0 aliphatic heterocycles. The van der Waals surface area contributed by atoms with Gasteiger partial charge in [0.2, 0.25) is 0 Å². The van der Waals surface area contributed by atoms with Crippen molar-refractivity contribution in [3.8, 4) is 0 Å². The number of carbonyl (C=O) groups is 1. The molecule has 2 N–H and O–H groups in total. The van der Waals surface area contributed by atoms with Crippen molar-refractivity contribution in [3.05, 3.63) is 0 Å². The van der Waals surface area contributed by atoms with E-state index in [1.54, 1.807) is 7.11 Å². The summed E-state index contributed by atoms with van der Waals surface area (Å²) in [4.78, 5) is 11.7. The van der Waals surface area contributed by atoms with Gasteiger partial charge in [0.15, 0.2) is 0 Å². The van der Waals surface area contributed by atoms with Crippen LogP contribution in [0, 0.1) is 11.8 Å². The minimum atomic E-state index is -0.117. The van der Waals surface area contributed by atoms with Gasteiger partial charge in [-0.15, -0.1) is 0 Å². The normalized spacial score (nSPS) is 23.9. The summed E-state index contributed by atoms with van der Waals surface area (Å²) in [6, 6.07) is 0. The van der Waals surface area contributed by atoms with Crippen molar-refractivity contribution in [3.63, 3.8) is 0 Å². The summed E-state index contributed by atoms with van der Waals surface area (Å²) in [6.07, 6.45) is 3.03. The van der Waals surface area contributed by atoms with E-state index >= 15 is 0 Å². The van der Waals surface area contributed by atoms with E-state index in [2.05, 4.69) is 0 Å². The molecular formula is C12H23NO4. The number of methoxy groups -OCH3 is 1. The van der Waals surface area contributed by atoms with Crippen LogP contribution in [0.2, 0.25) is 0 Å². The summed E-state index contributed by atoms with van der Waals surface area (Å²) in [7, 11) is 1.62. The molecule has 0 radical (unpaired) electrons. The molecule has 2 atom stereocenters. The first-order valence-electron chi connectivity index (χ1n) is 6.23. The Hall–Kier alpha value is -0.650. The summed E-state index contributed by atoms with van der Waals surface area (Å²) in [5.41, 5.74) is 5.63. The van der Waals surface area contributed by atoms with E-state index in [-0.39, 0.29) is 11.9 Å². The molecule has 0 aromatic carbocycles. The lowest BCUT2D eigenvalue weighted by Crippen LogP contribution is -2.27. The van der Waals surface area contributed by atoms with E-state index in [4.69, 9.17) is 19.9 Å². The smallest absolute Gasteiger partial charge is 0.309 e. The van der Waals surface area contributed by atoms with Gasteiger partial charge in [-0.25, -0.2) is 0 Å². The summed E-state index contributed by atoms with van der Waals surface area (Å²) >= 11 is 0. The Balaban J connectivity index is 2.08. The van der Waals surface area contributed by atoms with Gasteiger partial charge in [0, 0.05) is 7.11 Å². The van der Waals surface area contributed by atoms with Crippen LogP contribution < -0.4 is 5.73 Å². The van der Waals surface area contributed by atoms with Crippen LogP contribution in [0.4, 0.5) is 0 Å². The summed E-state index contributed by atoms with van der Waals surface area (Å²) in [6.45, 7) is 2.41. The van der Waals surface area contributed by atoms with Gasteiger partial charge < -0.3 is 19.9 Å². The molecular weight excluding hydrogens is 222 g/mol. The monoisotopic (exact) mass is 245 g/mol. The molecule has 1 saturated carbocycles. The quantitative estimate of drug-likeness (QED) is 0.500. The molecule has 0 spiro atoms. The highest BCUT2D eigenvalue weighted by Crippen LogP contribution is 2.31. The third kappa shape index (κ3) is 5.02. The van der Waals surface area contributed by atoms with Crippen LogP contribution in [0.15, 0.2) is 0 Å². The maximum Gasteiger partial charge on any atom is 0.309 e. The Kier molecular flexibility index (Phi) is 7.16. The first-order chi connectivity index (χ1) is 8.29. The van der Waals surface area contributed by atoms with Crippen LogP contribution in [-0.2, 0) is 19.0 Å². The molecule has 1 rings (SSSR count). The Labute approximate surface area is 103 Å². The molecule has 1 aliphatic carbocycles. The van der Waals surface area contributed by atoms with Crippen LogP contribution in [-0.4, -0.2) is 46.1 Å². The van der Waals surface area contributed by atoms with Crippen molar-refractivity contribution in [2.75, 3.05) is 40.1 Å². The molecule has 0 aromatic rings. The predicted octanol–water partition coefficient (Wildman–Crippen LogP) is 0.568. The molecule has 1 fully saturated rings. The maximum absolute atomic E-state index is 11.7. The Morgan fingerprint density at radius 1 is 1.24 bits per heavy atom. The zero-order valence-electron chi connectivity index (χ0n) is 10.5. The van der Waals surface area contributed by atoms with Crippen molar-refractivity contribution in [1.82, 2.24) is 0 Å². The van der Waals surface area contributed by atoms with Crippen LogP contribution in [0.25, 0.3) is 0 Å². The van der Waals surface area contributed by atoms with Gasteiger partial charge in [0.25, 0.3) is 0 Å². The summed E-state index contributed by atoms with van der Waals surface area (Å²) < 4.78 is 15.2. The third-order valence-electron chi connectivity index (χ3n) is 3.17. The second kappa shape index (κ2) is 8.44. The molecule has 0 saturated heterocycles. The number of rotatable bonds is 8. The zero-order valence-corrected chi connectivity index (χ0v) is 10.5. The number of ether oxygens (including phenoxy) is 3. The molecule has 5 heteroatoms. The zero-order chi connectivity index (χ0) is 12.5. The highest BCUT2D eigenvalue weighted by Gasteiger charge is 2.32. The lowest BCUT2D eigenvalue weighted by atomic mass is 9.96. The van der Waals surface area contributed by atoms with E-state index in [9.17, 15) is 4.79 Å². The van der Waals surface area contributed by atoms with Crippen molar-refractivity contribution in [1.29, 1.82) is 0 Å². The number of hydrogen-bond donors (Lipinski definition) is 1. The molecule has 2 unspecified atom stereocenters. The fraction of sp³-hybridized carbons (Fsp3) is 0.917. The first kappa shape index (κ1) is 14.4. The fourth-order valence-corrected chi connectivity index (χ4v) is 2.18. The van der Waals surface area contributed by atoms with Gasteiger partial charge in [0.1, 0.15) is 6.61 Å². The van der Waals surface area contributed by atoms with Gasteiger partial charge in [-0.3, -0.25) is 4.79 Å². The Bertz CT molecular complexity index is 223. The molecule has 0 aromatic heterocycles. The number of carbonyl (C=O) groups excluding carboxylic acids is 1. The average Bonchev–Trinajstić information content (AvgIpc) is 2.81. The van der Waals surface area contributed by atoms with Crippen molar-refractivity contribution in [2.45, 2.75) is 19.3 Å². The highest BCUT2D eigenvalue weighted by atomic mass is 16.6. The fourth-order valence-electron chi connectivity index (χ4n) is 2.18. The highest BCUT2D eigenvalue weighted by molar-refractivity contribution is 5.73. The minimum absolute atomic E-state index is 0.000949. The number of hydrogen-bond acceptors (Lipinski definition) is 5. The summed E-state index contributed by atoms with van der Waals surface area (Å²) in [5, 5.41) is 0. The van der Waals surface area contributed by atoms with Gasteiger partial charge in [-0.05, 0) is 25.3 Å². The Morgan fingerprint density at radius 2 is 2.00 bits per heavy atom. The molecule has 0 bridgehead atoms. The molecule has 0 heterocycles. The van der Waals surface area contributed by atoms with Gasteiger partial charge >= 0.3 is 5.97 Å². The maximum atomic E-state index is 11.7. The van der Waals surface area contributed by atoms with E-state index < -0.39 is 0 Å². The predicted molar refractivity (Wildman–Crippen MR) is 63.5 cm³/mol. The molecule has 0 amide bonds. The van der Waals surface area contributed by atoms with E-state index in [0.29, 0.717) is 38.9 Å². The van der Waals surface area contributed by atoms with Gasteiger partial charge in [-0.1, -0.05) is 6.42 Å². The molecule has 17 heavy (non-hydrogen) atoms. The van der Waals surface area contributed by atoms with Gasteiger partial charge in [0.05, 0.1) is 25.7 Å². The number of nitrogens with two attached hydrogens (primary N) is 1. The van der Waals surface area contributed by atoms with E-state index in [0.717, 1.165) is 19.3 Å². The second-order valence-corrected chi connectivity index (χ2v) is 4.31. The van der Waals surface area contributed by atoms with Crippen molar-refractivity contribution < 1.29 is 19.0 Å². The topological polar surface area (TPSA) is 70.8 Å². The molecule has 1 aliphatic rings. The van der Waals surface area contributed by atoms with E-state index in [1.165, 1.54) is 0 Å². The van der Waals surface area contributed by atoms with Crippen LogP contribution in [0.3, 0.4) is 0 Å². The Morgan fingerprint density at radius 3 is 2.71 bits per heavy atom. The third-order valence-corrected chi connectivity index (χ3v) is 3.17. The standard InChI is InChI=1S/C12H23NO4/c1-15-5-6-16-7-8-17-12(14)11-4-2-3-10(11)9-13/h10-11H,2-9,13H2,1H3. The molecule has 5 nitrogen and oxygen atoms in total. The summed E-state index contributed by atoms with van der Waals surface area (Å²) in [5.74, 6) is 0.184. The molecule has 100 valence electrons. The first-order valence-corrected chi connectivity index (χ1v) is 6.23. The van der Waals surface area contributed by atoms with Crippen LogP contribution in [0.1, 0.15) is 19.3 Å². The van der Waals surface area contributed by atoms with Gasteiger partial charge in [-0.2, -0.15) is 0 Å². The van der Waals surface area contributed by atoms with Crippen molar-refractivity contribution >= 4 is 5.97 Å². The van der Waals surface area contributed by atoms with E-state index in [1.807, 2.05) is 0 Å². The van der Waals surface area contributed by atoms with Crippen LogP contribution in [0.5, 0.6) is 0 Å². The largest absolute Gasteiger partial charge is 0.463 e. The number of esters is 1. The minimum Gasteiger partial charge on any atom is -0.463 e. The lowest BCUT2D eigenvalue weighted by Gasteiger charge is -2.16. The SMILES string of the molecule is COCCOCCOC(=O)C1CCCC1CN. The van der Waals surface area contributed by atoms with Crippen LogP contribution >= 0.6 is 0 Å². The lowest BCUT2D eigenvalue weighted by molar-refractivity contribution is -0.151. The van der Waals surface area contributed by atoms with Crippen molar-refractivity contribution in [2.24, 2.45) is 17.6 Å².